The molecule has 0 bridgehead atoms. The molecule has 0 saturated carbocycles. The van der Waals surface area contributed by atoms with Crippen molar-refractivity contribution in [3.05, 3.63) is 144 Å². The molecule has 0 radical (unpaired) electrons. The number of hydrogen-bond acceptors (Lipinski definition) is 8. The SMILES string of the molecule is COC(=O)C(=O)C=C(O)c1cn(S(=O)(=O)c2ccccc2)c2ccc(C(=O)OC(c3ccccc3)c3ccccc3)cc12. The van der Waals surface area contributed by atoms with Gasteiger partial charge < -0.3 is 14.6 Å². The predicted molar refractivity (Wildman–Crippen MR) is 159 cm³/mol. The number of esters is 2. The molecule has 0 aliphatic carbocycles. The largest absolute Gasteiger partial charge is 0.507 e. The van der Waals surface area contributed by atoms with Crippen molar-refractivity contribution in [3.63, 3.8) is 0 Å². The highest BCUT2D eigenvalue weighted by Crippen LogP contribution is 2.32. The minimum Gasteiger partial charge on any atom is -0.507 e. The van der Waals surface area contributed by atoms with Crippen molar-refractivity contribution < 1.29 is 37.4 Å². The number of ether oxygens (including phenoxy) is 2. The molecular weight excluding hydrogens is 570 g/mol. The van der Waals surface area contributed by atoms with Crippen LogP contribution < -0.4 is 0 Å². The summed E-state index contributed by atoms with van der Waals surface area (Å²) in [6.45, 7) is 0. The molecule has 0 aliphatic heterocycles. The van der Waals surface area contributed by atoms with Gasteiger partial charge in [-0.3, -0.25) is 4.79 Å². The van der Waals surface area contributed by atoms with Crippen LogP contribution in [0.1, 0.15) is 33.2 Å². The Balaban J connectivity index is 1.62. The highest BCUT2D eigenvalue weighted by Gasteiger charge is 2.26. The van der Waals surface area contributed by atoms with Crippen LogP contribution in [0.15, 0.2) is 126 Å². The van der Waals surface area contributed by atoms with Gasteiger partial charge >= 0.3 is 11.9 Å². The van der Waals surface area contributed by atoms with Gasteiger partial charge in [-0.05, 0) is 41.5 Å². The second-order valence-corrected chi connectivity index (χ2v) is 11.2. The minimum atomic E-state index is -4.17. The number of carbonyl (C=O) groups excluding carboxylic acids is 3. The molecule has 216 valence electrons. The molecule has 1 N–H and O–H groups in total. The number of fused-ring (bicyclic) bond motifs is 1. The summed E-state index contributed by atoms with van der Waals surface area (Å²) >= 11 is 0. The van der Waals surface area contributed by atoms with Gasteiger partial charge in [-0.15, -0.1) is 0 Å². The fourth-order valence-corrected chi connectivity index (χ4v) is 5.95. The van der Waals surface area contributed by atoms with E-state index in [-0.39, 0.29) is 26.9 Å². The molecule has 0 unspecified atom stereocenters. The molecule has 0 fully saturated rings. The second-order valence-electron chi connectivity index (χ2n) is 9.38. The Bertz CT molecular complexity index is 1910. The number of methoxy groups -OCH3 is 1. The molecule has 0 atom stereocenters. The normalized spacial score (nSPS) is 11.8. The zero-order valence-electron chi connectivity index (χ0n) is 22.8. The average molecular weight is 596 g/mol. The molecule has 9 nitrogen and oxygen atoms in total. The summed E-state index contributed by atoms with van der Waals surface area (Å²) in [6, 6.07) is 30.2. The lowest BCUT2D eigenvalue weighted by molar-refractivity contribution is -0.149. The molecule has 0 spiro atoms. The van der Waals surface area contributed by atoms with Crippen LogP contribution in [0.25, 0.3) is 16.7 Å². The number of aromatic nitrogens is 1. The number of rotatable bonds is 9. The molecule has 10 heteroatoms. The van der Waals surface area contributed by atoms with Crippen molar-refractivity contribution >= 4 is 44.4 Å². The lowest BCUT2D eigenvalue weighted by atomic mass is 10.0. The Labute approximate surface area is 247 Å². The molecule has 0 saturated heterocycles. The maximum absolute atomic E-state index is 13.6. The van der Waals surface area contributed by atoms with E-state index < -0.39 is 39.6 Å². The first-order chi connectivity index (χ1) is 20.7. The number of aliphatic hydroxyl groups excluding tert-OH is 1. The molecule has 43 heavy (non-hydrogen) atoms. The molecule has 5 aromatic rings. The average Bonchev–Trinajstić information content (AvgIpc) is 3.44. The van der Waals surface area contributed by atoms with Crippen LogP contribution in [0, 0.1) is 0 Å². The van der Waals surface area contributed by atoms with Gasteiger partial charge in [-0.1, -0.05) is 78.9 Å². The lowest BCUT2D eigenvalue weighted by Crippen LogP contribution is -2.13. The maximum atomic E-state index is 13.6. The Hall–Kier alpha value is -5.48. The van der Waals surface area contributed by atoms with Gasteiger partial charge in [0.2, 0.25) is 0 Å². The standard InChI is InChI=1S/C33H25NO8S/c1-41-33(38)30(36)20-29(35)27-21-34(43(39,40)25-15-9-4-10-16-25)28-18-17-24(19-26(27)28)32(37)42-31(22-11-5-2-6-12-22)23-13-7-3-8-14-23/h2-21,31,35H,1H3. The Morgan fingerprint density at radius 3 is 1.93 bits per heavy atom. The van der Waals surface area contributed by atoms with Crippen LogP contribution in [0.3, 0.4) is 0 Å². The summed E-state index contributed by atoms with van der Waals surface area (Å²) < 4.78 is 38.4. The van der Waals surface area contributed by atoms with Gasteiger partial charge in [-0.25, -0.2) is 22.0 Å². The smallest absolute Gasteiger partial charge is 0.378 e. The van der Waals surface area contributed by atoms with Crippen LogP contribution in [0.4, 0.5) is 0 Å². The van der Waals surface area contributed by atoms with Gasteiger partial charge in [0.1, 0.15) is 5.76 Å². The number of carbonyl (C=O) groups is 3. The fraction of sp³-hybridized carbons (Fsp3) is 0.0606. The van der Waals surface area contributed by atoms with Crippen LogP contribution in [0.2, 0.25) is 0 Å². The molecule has 5 rings (SSSR count). The summed E-state index contributed by atoms with van der Waals surface area (Å²) in [4.78, 5) is 37.4. The van der Waals surface area contributed by atoms with Crippen LogP contribution in [-0.2, 0) is 29.1 Å². The Morgan fingerprint density at radius 1 is 0.814 bits per heavy atom. The number of aliphatic hydroxyl groups is 1. The zero-order valence-corrected chi connectivity index (χ0v) is 23.6. The number of hydrogen-bond donors (Lipinski definition) is 1. The van der Waals surface area contributed by atoms with Crippen molar-refractivity contribution in [3.8, 4) is 0 Å². The van der Waals surface area contributed by atoms with E-state index in [0.29, 0.717) is 6.08 Å². The molecule has 0 aliphatic rings. The zero-order chi connectivity index (χ0) is 30.6. The number of benzene rings is 4. The van der Waals surface area contributed by atoms with E-state index >= 15 is 0 Å². The first kappa shape index (κ1) is 29.0. The van der Waals surface area contributed by atoms with Gasteiger partial charge in [0.15, 0.2) is 6.10 Å². The summed E-state index contributed by atoms with van der Waals surface area (Å²) in [7, 11) is -3.15. The fourth-order valence-electron chi connectivity index (χ4n) is 4.56. The monoisotopic (exact) mass is 595 g/mol. The van der Waals surface area contributed by atoms with Crippen molar-refractivity contribution in [2.45, 2.75) is 11.0 Å². The minimum absolute atomic E-state index is 0.0235. The van der Waals surface area contributed by atoms with Crippen molar-refractivity contribution in [1.29, 1.82) is 0 Å². The molecule has 4 aromatic carbocycles. The number of ketones is 1. The van der Waals surface area contributed by atoms with Crippen molar-refractivity contribution in [2.75, 3.05) is 7.11 Å². The van der Waals surface area contributed by atoms with Crippen LogP contribution in [-0.4, -0.2) is 42.3 Å². The van der Waals surface area contributed by atoms with E-state index in [2.05, 4.69) is 4.74 Å². The van der Waals surface area contributed by atoms with E-state index in [0.717, 1.165) is 28.4 Å². The van der Waals surface area contributed by atoms with E-state index in [4.69, 9.17) is 4.74 Å². The molecule has 0 amide bonds. The van der Waals surface area contributed by atoms with Gasteiger partial charge in [0.25, 0.3) is 15.8 Å². The summed E-state index contributed by atoms with van der Waals surface area (Å²) in [5, 5.41) is 11.0. The predicted octanol–water partition coefficient (Wildman–Crippen LogP) is 5.47. The van der Waals surface area contributed by atoms with Gasteiger partial charge in [-0.2, -0.15) is 0 Å². The lowest BCUT2D eigenvalue weighted by Gasteiger charge is -2.19. The van der Waals surface area contributed by atoms with E-state index in [1.54, 1.807) is 18.2 Å². The summed E-state index contributed by atoms with van der Waals surface area (Å²) in [5.41, 5.74) is 1.55. The third-order valence-electron chi connectivity index (χ3n) is 6.67. The summed E-state index contributed by atoms with van der Waals surface area (Å²) in [6.07, 6.45) is 1.01. The van der Waals surface area contributed by atoms with Gasteiger partial charge in [0, 0.05) is 23.2 Å². The third kappa shape index (κ3) is 5.95. The van der Waals surface area contributed by atoms with E-state index in [9.17, 15) is 27.9 Å². The van der Waals surface area contributed by atoms with Crippen molar-refractivity contribution in [1.82, 2.24) is 3.97 Å². The third-order valence-corrected chi connectivity index (χ3v) is 8.35. The molecule has 1 heterocycles. The highest BCUT2D eigenvalue weighted by molar-refractivity contribution is 7.90. The van der Waals surface area contributed by atoms with Crippen LogP contribution >= 0.6 is 0 Å². The topological polar surface area (TPSA) is 129 Å². The molecular formula is C33H25NO8S. The van der Waals surface area contributed by atoms with Crippen LogP contribution in [0.5, 0.6) is 0 Å². The molecule has 1 aromatic heterocycles. The van der Waals surface area contributed by atoms with Crippen molar-refractivity contribution in [2.24, 2.45) is 0 Å². The quantitative estimate of drug-likeness (QED) is 0.103. The Morgan fingerprint density at radius 2 is 1.37 bits per heavy atom. The second kappa shape index (κ2) is 12.2. The van der Waals surface area contributed by atoms with E-state index in [1.807, 2.05) is 60.7 Å². The first-order valence-corrected chi connectivity index (χ1v) is 14.4. The van der Waals surface area contributed by atoms with Gasteiger partial charge in [0.05, 0.1) is 23.1 Å². The van der Waals surface area contributed by atoms with E-state index in [1.165, 1.54) is 30.3 Å². The number of nitrogens with zero attached hydrogens (tertiary/aromatic N) is 1. The highest BCUT2D eigenvalue weighted by atomic mass is 32.2. The Kier molecular flexibility index (Phi) is 8.22. The maximum Gasteiger partial charge on any atom is 0.378 e. The first-order valence-electron chi connectivity index (χ1n) is 13.0. The summed E-state index contributed by atoms with van der Waals surface area (Å²) in [5.74, 6) is -3.78.